The average Bonchev–Trinajstić information content (AvgIpc) is 2.34. The molecule has 0 spiro atoms. The zero-order chi connectivity index (χ0) is 13.1. The van der Waals surface area contributed by atoms with Gasteiger partial charge in [-0.1, -0.05) is 6.92 Å². The summed E-state index contributed by atoms with van der Waals surface area (Å²) in [6.07, 6.45) is 0.935. The Morgan fingerprint density at radius 1 is 1.39 bits per heavy atom. The van der Waals surface area contributed by atoms with Crippen molar-refractivity contribution in [3.05, 3.63) is 30.0 Å². The molecule has 0 fully saturated rings. The molecule has 2 rings (SSSR count). The number of hydrogen-bond acceptors (Lipinski definition) is 4. The Bertz CT molecular complexity index is 593. The van der Waals surface area contributed by atoms with Crippen molar-refractivity contribution < 1.29 is 14.6 Å². The van der Waals surface area contributed by atoms with Gasteiger partial charge in [0, 0.05) is 12.3 Å². The third-order valence-electron chi connectivity index (χ3n) is 2.57. The topological polar surface area (TPSA) is 59.4 Å². The Morgan fingerprint density at radius 2 is 2.17 bits per heavy atom. The molecule has 2 aromatic rings. The van der Waals surface area contributed by atoms with Crippen molar-refractivity contribution in [2.24, 2.45) is 0 Å². The average molecular weight is 245 g/mol. The highest BCUT2D eigenvalue weighted by Crippen LogP contribution is 2.25. The van der Waals surface area contributed by atoms with Crippen LogP contribution in [0.25, 0.3) is 10.9 Å². The molecule has 0 radical (unpaired) electrons. The number of benzene rings is 1. The summed E-state index contributed by atoms with van der Waals surface area (Å²) in [7, 11) is 0. The monoisotopic (exact) mass is 245 g/mol. The van der Waals surface area contributed by atoms with E-state index in [1.807, 2.05) is 19.1 Å². The molecule has 0 bridgehead atoms. The second-order valence-corrected chi connectivity index (χ2v) is 4.12. The molecule has 0 unspecified atom stereocenters. The number of pyridine rings is 1. The Labute approximate surface area is 105 Å². The maximum absolute atomic E-state index is 11.3. The SMILES string of the molecule is CCCOc1ccc2nc(C(C)=O)c(O)cc2c1. The predicted octanol–water partition coefficient (Wildman–Crippen LogP) is 2.93. The number of carbonyl (C=O) groups is 1. The first-order valence-corrected chi connectivity index (χ1v) is 5.89. The number of hydrogen-bond donors (Lipinski definition) is 1. The van der Waals surface area contributed by atoms with Crippen LogP contribution < -0.4 is 4.74 Å². The minimum absolute atomic E-state index is 0.0948. The Hall–Kier alpha value is -2.10. The number of Topliss-reactive ketones (excluding diaryl/α,β-unsaturated/α-hetero) is 1. The van der Waals surface area contributed by atoms with Crippen LogP contribution in [0.5, 0.6) is 11.5 Å². The van der Waals surface area contributed by atoms with Crippen molar-refractivity contribution in [2.75, 3.05) is 6.61 Å². The van der Waals surface area contributed by atoms with E-state index < -0.39 is 0 Å². The quantitative estimate of drug-likeness (QED) is 0.841. The molecule has 0 aliphatic heterocycles. The first-order valence-electron chi connectivity index (χ1n) is 5.89. The highest BCUT2D eigenvalue weighted by molar-refractivity contribution is 5.97. The van der Waals surface area contributed by atoms with E-state index in [4.69, 9.17) is 4.74 Å². The van der Waals surface area contributed by atoms with E-state index in [0.717, 1.165) is 17.6 Å². The van der Waals surface area contributed by atoms with Crippen molar-refractivity contribution >= 4 is 16.7 Å². The molecule has 0 aliphatic carbocycles. The van der Waals surface area contributed by atoms with Crippen LogP contribution >= 0.6 is 0 Å². The standard InChI is InChI=1S/C14H15NO3/c1-3-6-18-11-4-5-12-10(7-11)8-13(17)14(15-12)9(2)16/h4-5,7-8,17H,3,6H2,1-2H3. The van der Waals surface area contributed by atoms with Crippen LogP contribution in [-0.2, 0) is 0 Å². The number of aromatic nitrogens is 1. The molecular weight excluding hydrogens is 230 g/mol. The lowest BCUT2D eigenvalue weighted by molar-refractivity contribution is 0.101. The van der Waals surface area contributed by atoms with Gasteiger partial charge in [0.1, 0.15) is 17.2 Å². The summed E-state index contributed by atoms with van der Waals surface area (Å²) in [5.74, 6) is 0.393. The van der Waals surface area contributed by atoms with Crippen molar-refractivity contribution in [2.45, 2.75) is 20.3 Å². The molecule has 18 heavy (non-hydrogen) atoms. The Morgan fingerprint density at radius 3 is 2.83 bits per heavy atom. The van der Waals surface area contributed by atoms with E-state index >= 15 is 0 Å². The van der Waals surface area contributed by atoms with Gasteiger partial charge in [-0.05, 0) is 30.7 Å². The molecule has 0 atom stereocenters. The normalized spacial score (nSPS) is 10.6. The molecule has 0 aliphatic rings. The first kappa shape index (κ1) is 12.4. The number of aromatic hydroxyl groups is 1. The minimum Gasteiger partial charge on any atom is -0.506 e. The maximum Gasteiger partial charge on any atom is 0.181 e. The lowest BCUT2D eigenvalue weighted by atomic mass is 10.1. The summed E-state index contributed by atoms with van der Waals surface area (Å²) in [4.78, 5) is 15.4. The van der Waals surface area contributed by atoms with Crippen LogP contribution in [0.1, 0.15) is 30.8 Å². The highest BCUT2D eigenvalue weighted by atomic mass is 16.5. The minimum atomic E-state index is -0.249. The third kappa shape index (κ3) is 2.42. The van der Waals surface area contributed by atoms with E-state index in [1.54, 1.807) is 6.07 Å². The van der Waals surface area contributed by atoms with Gasteiger partial charge in [0.15, 0.2) is 5.78 Å². The highest BCUT2D eigenvalue weighted by Gasteiger charge is 2.10. The van der Waals surface area contributed by atoms with Gasteiger partial charge in [0.25, 0.3) is 0 Å². The van der Waals surface area contributed by atoms with Crippen LogP contribution in [0.2, 0.25) is 0 Å². The fraction of sp³-hybridized carbons (Fsp3) is 0.286. The second kappa shape index (κ2) is 5.04. The summed E-state index contributed by atoms with van der Waals surface area (Å²) >= 11 is 0. The molecular formula is C14H15NO3. The van der Waals surface area contributed by atoms with Gasteiger partial charge in [0.05, 0.1) is 12.1 Å². The molecule has 94 valence electrons. The lowest BCUT2D eigenvalue weighted by Gasteiger charge is -2.07. The summed E-state index contributed by atoms with van der Waals surface area (Å²) in [6.45, 7) is 4.07. The summed E-state index contributed by atoms with van der Waals surface area (Å²) in [6, 6.07) is 6.94. The molecule has 0 saturated heterocycles. The third-order valence-corrected chi connectivity index (χ3v) is 2.57. The van der Waals surface area contributed by atoms with Crippen LogP contribution in [0, 0.1) is 0 Å². The largest absolute Gasteiger partial charge is 0.506 e. The molecule has 1 aromatic carbocycles. The predicted molar refractivity (Wildman–Crippen MR) is 69.2 cm³/mol. The number of fused-ring (bicyclic) bond motifs is 1. The lowest BCUT2D eigenvalue weighted by Crippen LogP contribution is -1.98. The van der Waals surface area contributed by atoms with E-state index in [2.05, 4.69) is 4.98 Å². The van der Waals surface area contributed by atoms with E-state index in [9.17, 15) is 9.90 Å². The molecule has 0 amide bonds. The number of ketones is 1. The van der Waals surface area contributed by atoms with E-state index in [1.165, 1.54) is 13.0 Å². The second-order valence-electron chi connectivity index (χ2n) is 4.12. The number of nitrogens with zero attached hydrogens (tertiary/aromatic N) is 1. The molecule has 1 heterocycles. The molecule has 1 N–H and O–H groups in total. The number of carbonyl (C=O) groups excluding carboxylic acids is 1. The van der Waals surface area contributed by atoms with Gasteiger partial charge in [-0.15, -0.1) is 0 Å². The van der Waals surface area contributed by atoms with Crippen molar-refractivity contribution in [3.8, 4) is 11.5 Å². The van der Waals surface area contributed by atoms with Gasteiger partial charge in [0.2, 0.25) is 0 Å². The summed E-state index contributed by atoms with van der Waals surface area (Å²) in [5, 5.41) is 10.5. The van der Waals surface area contributed by atoms with Crippen molar-refractivity contribution in [1.82, 2.24) is 4.98 Å². The van der Waals surface area contributed by atoms with Gasteiger partial charge in [-0.25, -0.2) is 4.98 Å². The number of rotatable bonds is 4. The van der Waals surface area contributed by atoms with E-state index in [-0.39, 0.29) is 17.2 Å². The molecule has 4 nitrogen and oxygen atoms in total. The van der Waals surface area contributed by atoms with Crippen LogP contribution in [-0.4, -0.2) is 22.5 Å². The Kier molecular flexibility index (Phi) is 3.46. The fourth-order valence-corrected chi connectivity index (χ4v) is 1.71. The maximum atomic E-state index is 11.3. The van der Waals surface area contributed by atoms with Crippen molar-refractivity contribution in [1.29, 1.82) is 0 Å². The number of ether oxygens (including phenoxy) is 1. The van der Waals surface area contributed by atoms with Gasteiger partial charge in [-0.3, -0.25) is 4.79 Å². The van der Waals surface area contributed by atoms with Gasteiger partial charge >= 0.3 is 0 Å². The smallest absolute Gasteiger partial charge is 0.181 e. The fourth-order valence-electron chi connectivity index (χ4n) is 1.71. The van der Waals surface area contributed by atoms with Crippen molar-refractivity contribution in [3.63, 3.8) is 0 Å². The summed E-state index contributed by atoms with van der Waals surface area (Å²) < 4.78 is 5.50. The van der Waals surface area contributed by atoms with Crippen LogP contribution in [0.4, 0.5) is 0 Å². The van der Waals surface area contributed by atoms with Gasteiger partial charge in [-0.2, -0.15) is 0 Å². The van der Waals surface area contributed by atoms with Gasteiger partial charge < -0.3 is 9.84 Å². The zero-order valence-electron chi connectivity index (χ0n) is 10.4. The Balaban J connectivity index is 2.45. The summed E-state index contributed by atoms with van der Waals surface area (Å²) in [5.41, 5.74) is 0.770. The van der Waals surface area contributed by atoms with E-state index in [0.29, 0.717) is 12.1 Å². The molecule has 1 aromatic heterocycles. The molecule has 4 heteroatoms. The first-order chi connectivity index (χ1) is 8.61. The van der Waals surface area contributed by atoms with Crippen LogP contribution in [0.15, 0.2) is 24.3 Å². The van der Waals surface area contributed by atoms with Crippen LogP contribution in [0.3, 0.4) is 0 Å². The zero-order valence-corrected chi connectivity index (χ0v) is 10.4. The molecule has 0 saturated carbocycles.